The highest BCUT2D eigenvalue weighted by Crippen LogP contribution is 1.64. The summed E-state index contributed by atoms with van der Waals surface area (Å²) >= 11 is 0. The van der Waals surface area contributed by atoms with Gasteiger partial charge in [-0.1, -0.05) is 0 Å². The summed E-state index contributed by atoms with van der Waals surface area (Å²) in [5.41, 5.74) is 0. The fourth-order valence-corrected chi connectivity index (χ4v) is 0.172. The number of hydrogen-bond donors (Lipinski definition) is 1. The molecule has 0 aromatic rings. The molecule has 0 saturated heterocycles. The van der Waals surface area contributed by atoms with Crippen LogP contribution in [0.25, 0.3) is 0 Å². The molecule has 0 aliphatic rings. The number of carbonyl (C=O) groups is 2. The second-order valence-electron chi connectivity index (χ2n) is 1.06. The SMILES string of the molecule is CN=CC(=O)C(=O)O. The van der Waals surface area contributed by atoms with Crippen molar-refractivity contribution in [3.8, 4) is 0 Å². The molecule has 0 bridgehead atoms. The molecule has 0 unspecified atom stereocenters. The first-order valence-corrected chi connectivity index (χ1v) is 1.88. The minimum Gasteiger partial charge on any atom is -0.475 e. The fourth-order valence-electron chi connectivity index (χ4n) is 0.172. The Bertz CT molecular complexity index is 138. The zero-order valence-corrected chi connectivity index (χ0v) is 4.29. The van der Waals surface area contributed by atoms with E-state index < -0.39 is 11.8 Å². The van der Waals surface area contributed by atoms with Crippen LogP contribution in [0, 0.1) is 0 Å². The van der Waals surface area contributed by atoms with Gasteiger partial charge in [0.15, 0.2) is 0 Å². The van der Waals surface area contributed by atoms with Crippen molar-refractivity contribution in [2.75, 3.05) is 7.05 Å². The number of carbonyl (C=O) groups excluding carboxylic acids is 1. The molecule has 0 atom stereocenters. The minimum atomic E-state index is -1.48. The molecule has 0 aliphatic carbocycles. The van der Waals surface area contributed by atoms with Crippen LogP contribution in [0.5, 0.6) is 0 Å². The van der Waals surface area contributed by atoms with Crippen molar-refractivity contribution in [1.82, 2.24) is 0 Å². The van der Waals surface area contributed by atoms with E-state index >= 15 is 0 Å². The quantitative estimate of drug-likeness (QED) is 0.383. The zero-order chi connectivity index (χ0) is 6.57. The van der Waals surface area contributed by atoms with Gasteiger partial charge >= 0.3 is 5.97 Å². The van der Waals surface area contributed by atoms with Crippen molar-refractivity contribution in [3.05, 3.63) is 0 Å². The summed E-state index contributed by atoms with van der Waals surface area (Å²) in [5.74, 6) is -2.47. The lowest BCUT2D eigenvalue weighted by molar-refractivity contribution is -0.145. The first-order chi connectivity index (χ1) is 3.68. The smallest absolute Gasteiger partial charge is 0.378 e. The first kappa shape index (κ1) is 6.81. The molecule has 1 N–H and O–H groups in total. The summed E-state index contributed by atoms with van der Waals surface area (Å²) in [4.78, 5) is 22.8. The summed E-state index contributed by atoms with van der Waals surface area (Å²) in [7, 11) is 1.33. The lowest BCUT2D eigenvalue weighted by atomic mass is 10.4. The van der Waals surface area contributed by atoms with Gasteiger partial charge in [-0.25, -0.2) is 4.79 Å². The third-order valence-electron chi connectivity index (χ3n) is 0.457. The van der Waals surface area contributed by atoms with Gasteiger partial charge in [-0.05, 0) is 0 Å². The topological polar surface area (TPSA) is 66.7 Å². The van der Waals surface area contributed by atoms with E-state index in [9.17, 15) is 9.59 Å². The largest absolute Gasteiger partial charge is 0.475 e. The van der Waals surface area contributed by atoms with E-state index in [1.165, 1.54) is 7.05 Å². The summed E-state index contributed by atoms with van der Waals surface area (Å²) in [6.45, 7) is 0. The third kappa shape index (κ3) is 2.07. The average molecular weight is 115 g/mol. The number of Topliss-reactive ketones (excluding diaryl/α,β-unsaturated/α-hetero) is 1. The number of hydrogen-bond acceptors (Lipinski definition) is 3. The molecule has 4 nitrogen and oxygen atoms in total. The van der Waals surface area contributed by atoms with Crippen LogP contribution in [0.3, 0.4) is 0 Å². The van der Waals surface area contributed by atoms with Gasteiger partial charge in [-0.15, -0.1) is 0 Å². The fraction of sp³-hybridized carbons (Fsp3) is 0.250. The number of ketones is 1. The average Bonchev–Trinajstić information content (AvgIpc) is 1.67. The van der Waals surface area contributed by atoms with Gasteiger partial charge in [-0.3, -0.25) is 9.79 Å². The molecule has 0 heterocycles. The molecule has 0 spiro atoms. The van der Waals surface area contributed by atoms with Gasteiger partial charge in [0.25, 0.3) is 5.78 Å². The Morgan fingerprint density at radius 2 is 2.12 bits per heavy atom. The number of rotatable bonds is 2. The third-order valence-corrected chi connectivity index (χ3v) is 0.457. The van der Waals surface area contributed by atoms with E-state index in [0.717, 1.165) is 6.21 Å². The van der Waals surface area contributed by atoms with E-state index in [0.29, 0.717) is 0 Å². The van der Waals surface area contributed by atoms with E-state index in [2.05, 4.69) is 4.99 Å². The molecule has 0 aromatic heterocycles. The van der Waals surface area contributed by atoms with Crippen molar-refractivity contribution >= 4 is 18.0 Å². The molecular formula is C4H5NO3. The highest BCUT2D eigenvalue weighted by atomic mass is 16.4. The molecule has 0 aromatic carbocycles. The lowest BCUT2D eigenvalue weighted by Gasteiger charge is -1.77. The van der Waals surface area contributed by atoms with Gasteiger partial charge in [0.05, 0.1) is 6.21 Å². The monoisotopic (exact) mass is 115 g/mol. The van der Waals surface area contributed by atoms with Crippen LogP contribution >= 0.6 is 0 Å². The molecule has 0 amide bonds. The van der Waals surface area contributed by atoms with E-state index in [1.807, 2.05) is 0 Å². The number of nitrogens with zero attached hydrogens (tertiary/aromatic N) is 1. The van der Waals surface area contributed by atoms with Gasteiger partial charge in [0.2, 0.25) is 0 Å². The van der Waals surface area contributed by atoms with Crippen molar-refractivity contribution < 1.29 is 14.7 Å². The molecule has 0 rings (SSSR count). The Labute approximate surface area is 45.8 Å². The predicted octanol–water partition coefficient (Wildman–Crippen LogP) is -0.659. The molecule has 44 valence electrons. The Hall–Kier alpha value is -1.19. The van der Waals surface area contributed by atoms with Crippen LogP contribution in [0.4, 0.5) is 0 Å². The minimum absolute atomic E-state index is 0.752. The molecule has 0 radical (unpaired) electrons. The molecule has 8 heavy (non-hydrogen) atoms. The lowest BCUT2D eigenvalue weighted by Crippen LogP contribution is -2.12. The molecule has 4 heteroatoms. The van der Waals surface area contributed by atoms with Crippen LogP contribution < -0.4 is 0 Å². The second-order valence-corrected chi connectivity index (χ2v) is 1.06. The normalized spacial score (nSPS) is 9.62. The Kier molecular flexibility index (Phi) is 2.47. The standard InChI is InChI=1S/C4H5NO3/c1-5-2-3(6)4(7)8/h2H,1H3,(H,7,8). The van der Waals surface area contributed by atoms with Gasteiger partial charge in [-0.2, -0.15) is 0 Å². The van der Waals surface area contributed by atoms with Crippen molar-refractivity contribution in [1.29, 1.82) is 0 Å². The Morgan fingerprint density at radius 1 is 1.62 bits per heavy atom. The van der Waals surface area contributed by atoms with Crippen LogP contribution in [0.2, 0.25) is 0 Å². The number of carboxylic acid groups (broad SMARTS) is 1. The van der Waals surface area contributed by atoms with Crippen LogP contribution in [-0.4, -0.2) is 30.1 Å². The highest BCUT2D eigenvalue weighted by molar-refractivity contribution is 6.56. The van der Waals surface area contributed by atoms with Gasteiger partial charge in [0.1, 0.15) is 0 Å². The van der Waals surface area contributed by atoms with Crippen molar-refractivity contribution in [2.24, 2.45) is 4.99 Å². The Morgan fingerprint density at radius 3 is 2.25 bits per heavy atom. The molecule has 0 saturated carbocycles. The first-order valence-electron chi connectivity index (χ1n) is 1.88. The molecular weight excluding hydrogens is 110 g/mol. The predicted molar refractivity (Wildman–Crippen MR) is 27.1 cm³/mol. The molecule has 0 fully saturated rings. The van der Waals surface area contributed by atoms with Gasteiger partial charge in [0, 0.05) is 7.05 Å². The van der Waals surface area contributed by atoms with Crippen molar-refractivity contribution in [2.45, 2.75) is 0 Å². The van der Waals surface area contributed by atoms with E-state index in [1.54, 1.807) is 0 Å². The zero-order valence-electron chi connectivity index (χ0n) is 4.29. The van der Waals surface area contributed by atoms with E-state index in [-0.39, 0.29) is 0 Å². The summed E-state index contributed by atoms with van der Waals surface area (Å²) in [5, 5.41) is 7.87. The van der Waals surface area contributed by atoms with Crippen molar-refractivity contribution in [3.63, 3.8) is 0 Å². The number of aliphatic imine (C=N–C) groups is 1. The maximum Gasteiger partial charge on any atom is 0.378 e. The number of carboxylic acids is 1. The van der Waals surface area contributed by atoms with Crippen LogP contribution in [0.15, 0.2) is 4.99 Å². The maximum atomic E-state index is 9.99. The van der Waals surface area contributed by atoms with Crippen LogP contribution in [-0.2, 0) is 9.59 Å². The summed E-state index contributed by atoms with van der Waals surface area (Å²) in [6.07, 6.45) is 0.752. The van der Waals surface area contributed by atoms with Gasteiger partial charge < -0.3 is 5.11 Å². The number of aliphatic carboxylic acids is 1. The summed E-state index contributed by atoms with van der Waals surface area (Å²) in [6, 6.07) is 0. The highest BCUT2D eigenvalue weighted by Gasteiger charge is 2.04. The van der Waals surface area contributed by atoms with E-state index in [4.69, 9.17) is 5.11 Å². The second kappa shape index (κ2) is 2.90. The Balaban J connectivity index is 3.85. The van der Waals surface area contributed by atoms with Crippen LogP contribution in [0.1, 0.15) is 0 Å². The summed E-state index contributed by atoms with van der Waals surface area (Å²) < 4.78 is 0. The molecule has 0 aliphatic heterocycles. The maximum absolute atomic E-state index is 9.99.